The van der Waals surface area contributed by atoms with Crippen molar-refractivity contribution < 1.29 is 4.79 Å². The third-order valence-electron chi connectivity index (χ3n) is 5.17. The molecule has 3 aromatic rings. The lowest BCUT2D eigenvalue weighted by molar-refractivity contribution is 0.0963. The average Bonchev–Trinajstić information content (AvgIpc) is 3.29. The van der Waals surface area contributed by atoms with Crippen LogP contribution in [-0.4, -0.2) is 22.5 Å². The number of fused-ring (bicyclic) bond motifs is 1. The van der Waals surface area contributed by atoms with E-state index in [1.807, 2.05) is 24.3 Å². The molecular formula is C21H23N3O. The minimum Gasteiger partial charge on any atom is -0.355 e. The number of carbonyl (C=O) groups is 1. The van der Waals surface area contributed by atoms with E-state index in [9.17, 15) is 4.79 Å². The van der Waals surface area contributed by atoms with Gasteiger partial charge in [-0.3, -0.25) is 4.79 Å². The van der Waals surface area contributed by atoms with Crippen molar-refractivity contribution in [1.82, 2.24) is 14.9 Å². The highest BCUT2D eigenvalue weighted by Crippen LogP contribution is 2.35. The van der Waals surface area contributed by atoms with Crippen molar-refractivity contribution in [2.75, 3.05) is 7.05 Å². The third kappa shape index (κ3) is 3.04. The Kier molecular flexibility index (Phi) is 4.26. The highest BCUT2D eigenvalue weighted by Gasteiger charge is 2.24. The number of carbonyl (C=O) groups excluding carboxylic acids is 1. The van der Waals surface area contributed by atoms with Crippen LogP contribution in [0.5, 0.6) is 0 Å². The summed E-state index contributed by atoms with van der Waals surface area (Å²) in [6.07, 6.45) is 4.98. The summed E-state index contributed by atoms with van der Waals surface area (Å²) < 4.78 is 2.34. The number of imidazole rings is 1. The number of aromatic nitrogens is 2. The molecule has 1 fully saturated rings. The predicted molar refractivity (Wildman–Crippen MR) is 99.9 cm³/mol. The smallest absolute Gasteiger partial charge is 0.251 e. The number of hydrogen-bond donors (Lipinski definition) is 1. The first-order valence-corrected chi connectivity index (χ1v) is 9.02. The normalized spacial score (nSPS) is 14.9. The molecule has 1 amide bonds. The van der Waals surface area contributed by atoms with Crippen LogP contribution >= 0.6 is 0 Å². The molecule has 2 aromatic carbocycles. The summed E-state index contributed by atoms with van der Waals surface area (Å²) in [7, 11) is 1.66. The zero-order chi connectivity index (χ0) is 17.2. The molecule has 128 valence electrons. The molecule has 0 radical (unpaired) electrons. The minimum absolute atomic E-state index is 0.0677. The molecule has 1 heterocycles. The molecule has 25 heavy (non-hydrogen) atoms. The van der Waals surface area contributed by atoms with E-state index in [4.69, 9.17) is 4.98 Å². The largest absolute Gasteiger partial charge is 0.355 e. The molecule has 0 aliphatic heterocycles. The van der Waals surface area contributed by atoms with Crippen LogP contribution in [0.3, 0.4) is 0 Å². The van der Waals surface area contributed by atoms with Crippen molar-refractivity contribution in [2.45, 2.75) is 38.1 Å². The Morgan fingerprint density at radius 3 is 2.64 bits per heavy atom. The molecule has 0 atom stereocenters. The molecule has 0 saturated heterocycles. The van der Waals surface area contributed by atoms with Gasteiger partial charge in [-0.2, -0.15) is 0 Å². The SMILES string of the molecule is CNC(=O)c1ccc2c(c1)nc(C1CCCC1)n2Cc1ccccc1. The van der Waals surface area contributed by atoms with E-state index in [2.05, 4.69) is 34.1 Å². The Labute approximate surface area is 147 Å². The standard InChI is InChI=1S/C21H23N3O/c1-22-21(25)17-11-12-19-18(13-17)23-20(16-9-5-6-10-16)24(19)14-15-7-3-2-4-8-15/h2-4,7-8,11-13,16H,5-6,9-10,14H2,1H3,(H,22,25). The summed E-state index contributed by atoms with van der Waals surface area (Å²) in [5, 5.41) is 2.69. The van der Waals surface area contributed by atoms with Crippen LogP contribution in [0.2, 0.25) is 0 Å². The van der Waals surface area contributed by atoms with E-state index in [-0.39, 0.29) is 5.91 Å². The molecule has 1 saturated carbocycles. The monoisotopic (exact) mass is 333 g/mol. The first kappa shape index (κ1) is 15.9. The Bertz CT molecular complexity index is 892. The Morgan fingerprint density at radius 2 is 1.92 bits per heavy atom. The quantitative estimate of drug-likeness (QED) is 0.781. The van der Waals surface area contributed by atoms with Crippen molar-refractivity contribution in [1.29, 1.82) is 0 Å². The molecule has 4 heteroatoms. The lowest BCUT2D eigenvalue weighted by atomic mass is 10.1. The van der Waals surface area contributed by atoms with Crippen molar-refractivity contribution in [3.05, 3.63) is 65.5 Å². The summed E-state index contributed by atoms with van der Waals surface area (Å²) in [4.78, 5) is 16.9. The van der Waals surface area contributed by atoms with Crippen LogP contribution in [0.25, 0.3) is 11.0 Å². The van der Waals surface area contributed by atoms with Crippen molar-refractivity contribution >= 4 is 16.9 Å². The molecule has 4 rings (SSSR count). The average molecular weight is 333 g/mol. The van der Waals surface area contributed by atoms with E-state index in [1.54, 1.807) is 7.05 Å². The molecule has 1 aliphatic rings. The Balaban J connectivity index is 1.82. The predicted octanol–water partition coefficient (Wildman–Crippen LogP) is 4.10. The maximum Gasteiger partial charge on any atom is 0.251 e. The van der Waals surface area contributed by atoms with Gasteiger partial charge in [-0.25, -0.2) is 4.98 Å². The topological polar surface area (TPSA) is 46.9 Å². The summed E-state index contributed by atoms with van der Waals surface area (Å²) in [6, 6.07) is 16.3. The van der Waals surface area contributed by atoms with Crippen LogP contribution in [0.15, 0.2) is 48.5 Å². The van der Waals surface area contributed by atoms with Crippen LogP contribution < -0.4 is 5.32 Å². The van der Waals surface area contributed by atoms with Crippen molar-refractivity contribution in [2.24, 2.45) is 0 Å². The fourth-order valence-corrected chi connectivity index (χ4v) is 3.86. The fraction of sp³-hybridized carbons (Fsp3) is 0.333. The van der Waals surface area contributed by atoms with Crippen LogP contribution in [0, 0.1) is 0 Å². The van der Waals surface area contributed by atoms with Gasteiger partial charge in [0.25, 0.3) is 5.91 Å². The number of nitrogens with one attached hydrogen (secondary N) is 1. The number of hydrogen-bond acceptors (Lipinski definition) is 2. The first-order valence-electron chi connectivity index (χ1n) is 9.02. The van der Waals surface area contributed by atoms with Gasteiger partial charge in [-0.15, -0.1) is 0 Å². The highest BCUT2D eigenvalue weighted by molar-refractivity contribution is 5.97. The molecule has 1 aliphatic carbocycles. The van der Waals surface area contributed by atoms with Gasteiger partial charge in [0.05, 0.1) is 11.0 Å². The summed E-state index contributed by atoms with van der Waals surface area (Å²) >= 11 is 0. The second-order valence-electron chi connectivity index (χ2n) is 6.81. The van der Waals surface area contributed by atoms with Crippen LogP contribution in [-0.2, 0) is 6.54 Å². The lowest BCUT2D eigenvalue weighted by Crippen LogP contribution is -2.17. The van der Waals surface area contributed by atoms with Gasteiger partial charge in [-0.1, -0.05) is 43.2 Å². The first-order chi connectivity index (χ1) is 12.3. The number of amides is 1. The van der Waals surface area contributed by atoms with E-state index in [0.29, 0.717) is 11.5 Å². The Hall–Kier alpha value is -2.62. The van der Waals surface area contributed by atoms with Crippen molar-refractivity contribution in [3.63, 3.8) is 0 Å². The molecule has 0 unspecified atom stereocenters. The Morgan fingerprint density at radius 1 is 1.16 bits per heavy atom. The van der Waals surface area contributed by atoms with E-state index in [0.717, 1.165) is 17.6 Å². The van der Waals surface area contributed by atoms with Gasteiger partial charge in [-0.05, 0) is 36.6 Å². The number of benzene rings is 2. The molecule has 1 aromatic heterocycles. The van der Waals surface area contributed by atoms with Gasteiger partial charge in [0.1, 0.15) is 5.82 Å². The van der Waals surface area contributed by atoms with Gasteiger partial charge in [0, 0.05) is 25.1 Å². The zero-order valence-corrected chi connectivity index (χ0v) is 14.5. The second-order valence-corrected chi connectivity index (χ2v) is 6.81. The number of nitrogens with zero attached hydrogens (tertiary/aromatic N) is 2. The van der Waals surface area contributed by atoms with E-state index < -0.39 is 0 Å². The second kappa shape index (κ2) is 6.71. The van der Waals surface area contributed by atoms with Crippen LogP contribution in [0.4, 0.5) is 0 Å². The maximum absolute atomic E-state index is 12.0. The maximum atomic E-state index is 12.0. The summed E-state index contributed by atoms with van der Waals surface area (Å²) in [6.45, 7) is 0.822. The third-order valence-corrected chi connectivity index (χ3v) is 5.17. The van der Waals surface area contributed by atoms with Gasteiger partial charge in [0.2, 0.25) is 0 Å². The van der Waals surface area contributed by atoms with E-state index >= 15 is 0 Å². The summed E-state index contributed by atoms with van der Waals surface area (Å²) in [5.41, 5.74) is 3.96. The molecule has 4 nitrogen and oxygen atoms in total. The zero-order valence-electron chi connectivity index (χ0n) is 14.5. The minimum atomic E-state index is -0.0677. The molecular weight excluding hydrogens is 310 g/mol. The number of rotatable bonds is 4. The lowest BCUT2D eigenvalue weighted by Gasteiger charge is -2.14. The molecule has 0 spiro atoms. The highest BCUT2D eigenvalue weighted by atomic mass is 16.1. The van der Waals surface area contributed by atoms with Crippen LogP contribution in [0.1, 0.15) is 53.3 Å². The van der Waals surface area contributed by atoms with Gasteiger partial charge < -0.3 is 9.88 Å². The fourth-order valence-electron chi connectivity index (χ4n) is 3.86. The summed E-state index contributed by atoms with van der Waals surface area (Å²) in [5.74, 6) is 1.63. The van der Waals surface area contributed by atoms with Gasteiger partial charge in [0.15, 0.2) is 0 Å². The van der Waals surface area contributed by atoms with Gasteiger partial charge >= 0.3 is 0 Å². The van der Waals surface area contributed by atoms with Crippen molar-refractivity contribution in [3.8, 4) is 0 Å². The molecule has 0 bridgehead atoms. The molecule has 1 N–H and O–H groups in total. The van der Waals surface area contributed by atoms with E-state index in [1.165, 1.54) is 37.1 Å².